The van der Waals surface area contributed by atoms with Crippen molar-refractivity contribution in [2.45, 2.75) is 16.2 Å². The first-order valence-corrected chi connectivity index (χ1v) is 7.36. The van der Waals surface area contributed by atoms with E-state index in [0.29, 0.717) is 6.42 Å². The zero-order valence-corrected chi connectivity index (χ0v) is 12.1. The van der Waals surface area contributed by atoms with Crippen molar-refractivity contribution in [1.82, 2.24) is 4.90 Å². The van der Waals surface area contributed by atoms with Crippen molar-refractivity contribution in [3.63, 3.8) is 0 Å². The molecule has 3 aliphatic carbocycles. The SMILES string of the molecule is O=C1C(Cl)=C(N2CC2)C(=O)[C@]2(Cl)[C@@H]3C=C[C@@H](C3)[C@]12Cl. The van der Waals surface area contributed by atoms with E-state index in [1.807, 2.05) is 12.2 Å². The molecule has 4 atom stereocenters. The van der Waals surface area contributed by atoms with Gasteiger partial charge in [-0.15, -0.1) is 23.2 Å². The molecule has 6 heteroatoms. The van der Waals surface area contributed by atoms with Gasteiger partial charge in [0, 0.05) is 24.9 Å². The number of rotatable bonds is 1. The second-order valence-electron chi connectivity index (χ2n) is 5.57. The highest BCUT2D eigenvalue weighted by atomic mass is 35.5. The van der Waals surface area contributed by atoms with Crippen LogP contribution in [0.5, 0.6) is 0 Å². The van der Waals surface area contributed by atoms with E-state index in [0.717, 1.165) is 13.1 Å². The average molecular weight is 319 g/mol. The molecule has 0 radical (unpaired) electrons. The normalized spacial score (nSPS) is 47.2. The molecule has 3 nitrogen and oxygen atoms in total. The highest BCUT2D eigenvalue weighted by Gasteiger charge is 2.75. The summed E-state index contributed by atoms with van der Waals surface area (Å²) in [6, 6.07) is 0. The summed E-state index contributed by atoms with van der Waals surface area (Å²) in [6.45, 7) is 1.47. The third kappa shape index (κ3) is 1.15. The smallest absolute Gasteiger partial charge is 0.204 e. The van der Waals surface area contributed by atoms with Gasteiger partial charge in [0.15, 0.2) is 5.78 Å². The maximum atomic E-state index is 12.8. The van der Waals surface area contributed by atoms with Gasteiger partial charge in [-0.25, -0.2) is 0 Å². The Morgan fingerprint density at radius 3 is 2.11 bits per heavy atom. The van der Waals surface area contributed by atoms with E-state index >= 15 is 0 Å². The predicted octanol–water partition coefficient (Wildman–Crippen LogP) is 2.07. The van der Waals surface area contributed by atoms with Crippen LogP contribution in [0.15, 0.2) is 22.9 Å². The van der Waals surface area contributed by atoms with E-state index in [-0.39, 0.29) is 28.3 Å². The highest BCUT2D eigenvalue weighted by molar-refractivity contribution is 6.61. The van der Waals surface area contributed by atoms with Crippen LogP contribution in [-0.4, -0.2) is 39.3 Å². The van der Waals surface area contributed by atoms with Gasteiger partial charge in [-0.1, -0.05) is 23.8 Å². The van der Waals surface area contributed by atoms with Crippen LogP contribution in [-0.2, 0) is 9.59 Å². The number of carbonyl (C=O) groups excluding carboxylic acids is 2. The summed E-state index contributed by atoms with van der Waals surface area (Å²) >= 11 is 19.3. The molecule has 0 N–H and O–H groups in total. The van der Waals surface area contributed by atoms with Crippen molar-refractivity contribution in [1.29, 1.82) is 0 Å². The Balaban J connectivity index is 1.97. The zero-order chi connectivity index (χ0) is 13.6. The topological polar surface area (TPSA) is 37.1 Å². The molecular weight excluding hydrogens is 309 g/mol. The molecule has 100 valence electrons. The third-order valence-electron chi connectivity index (χ3n) is 4.68. The summed E-state index contributed by atoms with van der Waals surface area (Å²) in [7, 11) is 0. The van der Waals surface area contributed by atoms with Crippen LogP contribution in [0.4, 0.5) is 0 Å². The van der Waals surface area contributed by atoms with E-state index in [9.17, 15) is 9.59 Å². The minimum atomic E-state index is -1.42. The Kier molecular flexibility index (Phi) is 2.18. The maximum Gasteiger partial charge on any atom is 0.204 e. The lowest BCUT2D eigenvalue weighted by molar-refractivity contribution is -0.128. The van der Waals surface area contributed by atoms with Crippen LogP contribution in [0.1, 0.15) is 6.42 Å². The molecule has 0 amide bonds. The highest BCUT2D eigenvalue weighted by Crippen LogP contribution is 2.64. The first-order valence-electron chi connectivity index (χ1n) is 6.23. The number of allylic oxidation sites excluding steroid dienone is 4. The van der Waals surface area contributed by atoms with Gasteiger partial charge >= 0.3 is 0 Å². The number of hydrogen-bond acceptors (Lipinski definition) is 3. The van der Waals surface area contributed by atoms with Crippen LogP contribution in [0, 0.1) is 11.8 Å². The van der Waals surface area contributed by atoms with Gasteiger partial charge in [0.05, 0.1) is 0 Å². The van der Waals surface area contributed by atoms with Gasteiger partial charge in [-0.05, 0) is 6.42 Å². The van der Waals surface area contributed by atoms with Crippen LogP contribution in [0.25, 0.3) is 0 Å². The minimum absolute atomic E-state index is 0.0466. The zero-order valence-electron chi connectivity index (χ0n) is 9.83. The summed E-state index contributed by atoms with van der Waals surface area (Å²) in [4.78, 5) is 24.4. The number of Topliss-reactive ketones (excluding diaryl/α,β-unsaturated/α-hetero) is 2. The number of alkyl halides is 2. The molecule has 19 heavy (non-hydrogen) atoms. The summed E-state index contributed by atoms with van der Waals surface area (Å²) < 4.78 is 0. The number of carbonyl (C=O) groups is 2. The van der Waals surface area contributed by atoms with E-state index < -0.39 is 15.5 Å². The van der Waals surface area contributed by atoms with Gasteiger partial charge in [0.1, 0.15) is 20.5 Å². The number of ketones is 2. The summed E-state index contributed by atoms with van der Waals surface area (Å²) in [5.74, 6) is -1.09. The molecule has 1 saturated carbocycles. The molecule has 4 aliphatic rings. The molecule has 1 saturated heterocycles. The Bertz CT molecular complexity index is 595. The molecule has 2 fully saturated rings. The van der Waals surface area contributed by atoms with Crippen molar-refractivity contribution < 1.29 is 9.59 Å². The Morgan fingerprint density at radius 2 is 1.58 bits per heavy atom. The largest absolute Gasteiger partial charge is 0.364 e. The van der Waals surface area contributed by atoms with Crippen molar-refractivity contribution in [3.05, 3.63) is 22.9 Å². The van der Waals surface area contributed by atoms with Crippen molar-refractivity contribution in [2.24, 2.45) is 11.8 Å². The number of hydrogen-bond donors (Lipinski definition) is 0. The van der Waals surface area contributed by atoms with Crippen LogP contribution in [0.2, 0.25) is 0 Å². The molecular formula is C13H10Cl3NO2. The number of fused-ring (bicyclic) bond motifs is 5. The summed E-state index contributed by atoms with van der Waals surface area (Å²) in [5, 5.41) is -0.0466. The molecule has 0 spiro atoms. The number of nitrogens with zero attached hydrogens (tertiary/aromatic N) is 1. The van der Waals surface area contributed by atoms with Crippen molar-refractivity contribution in [2.75, 3.05) is 13.1 Å². The van der Waals surface area contributed by atoms with Gasteiger partial charge < -0.3 is 4.90 Å². The Morgan fingerprint density at radius 1 is 1.05 bits per heavy atom. The second-order valence-corrected chi connectivity index (χ2v) is 7.14. The van der Waals surface area contributed by atoms with Gasteiger partial charge in [-0.3, -0.25) is 9.59 Å². The average Bonchev–Trinajstić information content (AvgIpc) is 3.03. The first-order chi connectivity index (χ1) is 8.92. The molecule has 0 aromatic heterocycles. The summed E-state index contributed by atoms with van der Waals surface area (Å²) in [5.41, 5.74) is 0.263. The van der Waals surface area contributed by atoms with E-state index in [4.69, 9.17) is 34.8 Å². The van der Waals surface area contributed by atoms with Gasteiger partial charge in [-0.2, -0.15) is 0 Å². The first kappa shape index (κ1) is 12.2. The molecule has 0 aromatic rings. The van der Waals surface area contributed by atoms with Crippen molar-refractivity contribution in [3.8, 4) is 0 Å². The third-order valence-corrected chi connectivity index (χ3v) is 6.63. The Hall–Kier alpha value is -0.510. The van der Waals surface area contributed by atoms with Gasteiger partial charge in [0.25, 0.3) is 0 Å². The molecule has 4 rings (SSSR count). The fourth-order valence-corrected chi connectivity index (χ4v) is 4.95. The van der Waals surface area contributed by atoms with Crippen LogP contribution >= 0.6 is 34.8 Å². The second kappa shape index (κ2) is 3.38. The lowest BCUT2D eigenvalue weighted by atomic mass is 9.72. The summed E-state index contributed by atoms with van der Waals surface area (Å²) in [6.07, 6.45) is 4.43. The van der Waals surface area contributed by atoms with E-state index in [1.54, 1.807) is 4.90 Å². The standard InChI is InChI=1S/C13H10Cl3NO2/c14-8-9(17-3-4-17)11(19)13(16)7-2-1-6(5-7)12(13,15)10(8)18/h1-2,6-7H,3-5H2/t6-,7+,12-,13+/m0/s1. The lowest BCUT2D eigenvalue weighted by Crippen LogP contribution is -2.62. The van der Waals surface area contributed by atoms with Crippen LogP contribution in [0.3, 0.4) is 0 Å². The fraction of sp³-hybridized carbons (Fsp3) is 0.538. The van der Waals surface area contributed by atoms with E-state index in [1.165, 1.54) is 0 Å². The quantitative estimate of drug-likeness (QED) is 0.422. The maximum absolute atomic E-state index is 12.8. The van der Waals surface area contributed by atoms with Crippen molar-refractivity contribution >= 4 is 46.4 Å². The Labute approximate surface area is 125 Å². The predicted molar refractivity (Wildman–Crippen MR) is 72.4 cm³/mol. The molecule has 0 aromatic carbocycles. The van der Waals surface area contributed by atoms with Crippen LogP contribution < -0.4 is 0 Å². The molecule has 2 bridgehead atoms. The molecule has 1 heterocycles. The van der Waals surface area contributed by atoms with Gasteiger partial charge in [0.2, 0.25) is 5.78 Å². The van der Waals surface area contributed by atoms with E-state index in [2.05, 4.69) is 0 Å². The minimum Gasteiger partial charge on any atom is -0.364 e. The number of halogens is 3. The molecule has 0 unspecified atom stereocenters. The lowest BCUT2D eigenvalue weighted by Gasteiger charge is -2.44. The monoisotopic (exact) mass is 317 g/mol. The fourth-order valence-electron chi connectivity index (χ4n) is 3.59. The molecule has 1 aliphatic heterocycles.